The predicted molar refractivity (Wildman–Crippen MR) is 76.6 cm³/mol. The molecular formula is C14H13N7. The van der Waals surface area contributed by atoms with Gasteiger partial charge in [0.2, 0.25) is 0 Å². The first-order chi connectivity index (χ1) is 10.3. The van der Waals surface area contributed by atoms with Crippen LogP contribution in [-0.4, -0.2) is 24.8 Å². The fourth-order valence-corrected chi connectivity index (χ4v) is 2.06. The van der Waals surface area contributed by atoms with Crippen molar-refractivity contribution in [3.8, 4) is 11.8 Å². The molecule has 0 spiro atoms. The Kier molecular flexibility index (Phi) is 3.35. The summed E-state index contributed by atoms with van der Waals surface area (Å²) in [5, 5.41) is 23.3. The number of nitrogens with zero attached hydrogens (tertiary/aromatic N) is 6. The number of aryl methyl sites for hydroxylation is 1. The van der Waals surface area contributed by atoms with E-state index in [2.05, 4.69) is 26.9 Å². The second-order valence-electron chi connectivity index (χ2n) is 4.61. The quantitative estimate of drug-likeness (QED) is 0.782. The highest BCUT2D eigenvalue weighted by Crippen LogP contribution is 2.14. The van der Waals surface area contributed by atoms with E-state index in [9.17, 15) is 0 Å². The highest BCUT2D eigenvalue weighted by atomic mass is 15.5. The van der Waals surface area contributed by atoms with E-state index in [1.807, 2.05) is 48.1 Å². The van der Waals surface area contributed by atoms with Gasteiger partial charge in [-0.2, -0.15) is 5.26 Å². The van der Waals surface area contributed by atoms with Gasteiger partial charge in [0.15, 0.2) is 0 Å². The second-order valence-corrected chi connectivity index (χ2v) is 4.61. The molecule has 0 aliphatic heterocycles. The number of hydrogen-bond acceptors (Lipinski definition) is 5. The Morgan fingerprint density at radius 2 is 2.10 bits per heavy atom. The first-order valence-electron chi connectivity index (χ1n) is 6.39. The third kappa shape index (κ3) is 2.74. The highest BCUT2D eigenvalue weighted by molar-refractivity contribution is 5.48. The lowest BCUT2D eigenvalue weighted by Gasteiger charge is -2.06. The molecule has 7 nitrogen and oxygen atoms in total. The van der Waals surface area contributed by atoms with Crippen molar-refractivity contribution in [2.45, 2.75) is 6.54 Å². The van der Waals surface area contributed by atoms with E-state index in [0.717, 1.165) is 16.9 Å². The molecule has 3 rings (SSSR count). The minimum absolute atomic E-state index is 0.654. The lowest BCUT2D eigenvalue weighted by Crippen LogP contribution is -1.99. The number of nitrogens with one attached hydrogen (secondary N) is 1. The zero-order valence-electron chi connectivity index (χ0n) is 11.4. The van der Waals surface area contributed by atoms with E-state index in [-0.39, 0.29) is 0 Å². The van der Waals surface area contributed by atoms with Gasteiger partial charge in [-0.25, -0.2) is 4.68 Å². The molecule has 2 aromatic heterocycles. The maximum Gasteiger partial charge on any atom is 0.143 e. The van der Waals surface area contributed by atoms with Gasteiger partial charge in [0.1, 0.15) is 18.1 Å². The summed E-state index contributed by atoms with van der Waals surface area (Å²) in [6.07, 6.45) is 3.50. The molecule has 104 valence electrons. The fraction of sp³-hybridized carbons (Fsp3) is 0.143. The highest BCUT2D eigenvalue weighted by Gasteiger charge is 2.02. The summed E-state index contributed by atoms with van der Waals surface area (Å²) in [6.45, 7) is 0.666. The summed E-state index contributed by atoms with van der Waals surface area (Å²) in [4.78, 5) is 0. The van der Waals surface area contributed by atoms with Crippen molar-refractivity contribution in [3.63, 3.8) is 0 Å². The normalized spacial score (nSPS) is 10.3. The van der Waals surface area contributed by atoms with Gasteiger partial charge in [0, 0.05) is 25.5 Å². The summed E-state index contributed by atoms with van der Waals surface area (Å²) in [5.74, 6) is 0. The first-order valence-corrected chi connectivity index (χ1v) is 6.39. The molecule has 0 atom stereocenters. The third-order valence-electron chi connectivity index (χ3n) is 3.15. The van der Waals surface area contributed by atoms with Crippen LogP contribution in [0.15, 0.2) is 42.9 Å². The van der Waals surface area contributed by atoms with Crippen molar-refractivity contribution in [2.75, 3.05) is 5.32 Å². The van der Waals surface area contributed by atoms with Crippen LogP contribution in [0.25, 0.3) is 5.69 Å². The lowest BCUT2D eigenvalue weighted by molar-refractivity contribution is 0.789. The van der Waals surface area contributed by atoms with Crippen molar-refractivity contribution < 1.29 is 0 Å². The van der Waals surface area contributed by atoms with Crippen molar-refractivity contribution >= 4 is 5.69 Å². The van der Waals surface area contributed by atoms with Gasteiger partial charge in [-0.15, -0.1) is 5.10 Å². The van der Waals surface area contributed by atoms with Crippen molar-refractivity contribution in [1.29, 1.82) is 5.26 Å². The van der Waals surface area contributed by atoms with Crippen LogP contribution >= 0.6 is 0 Å². The smallest absolute Gasteiger partial charge is 0.143 e. The molecule has 0 saturated heterocycles. The Morgan fingerprint density at radius 3 is 2.71 bits per heavy atom. The molecule has 0 aliphatic carbocycles. The van der Waals surface area contributed by atoms with Crippen LogP contribution in [0.3, 0.4) is 0 Å². The Labute approximate surface area is 121 Å². The number of anilines is 1. The summed E-state index contributed by atoms with van der Waals surface area (Å²) in [6, 6.07) is 11.8. The average Bonchev–Trinajstić information content (AvgIpc) is 3.15. The van der Waals surface area contributed by atoms with Crippen LogP contribution in [0, 0.1) is 11.3 Å². The van der Waals surface area contributed by atoms with Crippen LogP contribution in [0.1, 0.15) is 11.3 Å². The molecule has 1 aromatic carbocycles. The largest absolute Gasteiger partial charge is 0.381 e. The Morgan fingerprint density at radius 1 is 1.29 bits per heavy atom. The minimum atomic E-state index is 0.654. The number of benzene rings is 1. The van der Waals surface area contributed by atoms with Crippen LogP contribution in [0.4, 0.5) is 5.69 Å². The molecular weight excluding hydrogens is 266 g/mol. The molecule has 0 bridgehead atoms. The molecule has 21 heavy (non-hydrogen) atoms. The molecule has 0 saturated carbocycles. The average molecular weight is 279 g/mol. The number of aromatic nitrogens is 5. The lowest BCUT2D eigenvalue weighted by atomic mass is 10.2. The summed E-state index contributed by atoms with van der Waals surface area (Å²) in [7, 11) is 1.86. The first kappa shape index (κ1) is 12.9. The van der Waals surface area contributed by atoms with E-state index in [4.69, 9.17) is 5.26 Å². The molecule has 0 unspecified atom stereocenters. The van der Waals surface area contributed by atoms with Gasteiger partial charge < -0.3 is 9.88 Å². The van der Waals surface area contributed by atoms with Crippen molar-refractivity contribution in [3.05, 3.63) is 54.1 Å². The van der Waals surface area contributed by atoms with E-state index in [1.165, 1.54) is 0 Å². The van der Waals surface area contributed by atoms with E-state index in [0.29, 0.717) is 12.2 Å². The molecule has 1 N–H and O–H groups in total. The SMILES string of the molecule is Cn1cc(CNc2ccc(-n3cnnn3)cc2)cc1C#N. The molecule has 7 heteroatoms. The predicted octanol–water partition coefficient (Wildman–Crippen LogP) is 1.48. The van der Waals surface area contributed by atoms with Gasteiger partial charge in [-0.1, -0.05) is 0 Å². The van der Waals surface area contributed by atoms with Crippen molar-refractivity contribution in [2.24, 2.45) is 7.05 Å². The monoisotopic (exact) mass is 279 g/mol. The molecule has 0 amide bonds. The molecule has 0 fully saturated rings. The number of tetrazole rings is 1. The van der Waals surface area contributed by atoms with Gasteiger partial charge in [0.05, 0.1) is 5.69 Å². The van der Waals surface area contributed by atoms with Crippen LogP contribution in [0.5, 0.6) is 0 Å². The molecule has 0 radical (unpaired) electrons. The Hall–Kier alpha value is -3.14. The van der Waals surface area contributed by atoms with Crippen LogP contribution in [-0.2, 0) is 13.6 Å². The van der Waals surface area contributed by atoms with Gasteiger partial charge in [0.25, 0.3) is 0 Å². The maximum absolute atomic E-state index is 8.93. The number of hydrogen-bond donors (Lipinski definition) is 1. The Balaban J connectivity index is 1.67. The number of nitriles is 1. The summed E-state index contributed by atoms with van der Waals surface area (Å²) < 4.78 is 3.41. The fourth-order valence-electron chi connectivity index (χ4n) is 2.06. The summed E-state index contributed by atoms with van der Waals surface area (Å²) >= 11 is 0. The van der Waals surface area contributed by atoms with E-state index in [1.54, 1.807) is 11.0 Å². The van der Waals surface area contributed by atoms with Crippen LogP contribution < -0.4 is 5.32 Å². The molecule has 2 heterocycles. The topological polar surface area (TPSA) is 84.3 Å². The van der Waals surface area contributed by atoms with E-state index < -0.39 is 0 Å². The zero-order valence-corrected chi connectivity index (χ0v) is 11.4. The van der Waals surface area contributed by atoms with Gasteiger partial charge in [-0.3, -0.25) is 0 Å². The summed E-state index contributed by atoms with van der Waals surface area (Å²) in [5.41, 5.74) is 3.62. The molecule has 3 aromatic rings. The third-order valence-corrected chi connectivity index (χ3v) is 3.15. The minimum Gasteiger partial charge on any atom is -0.381 e. The van der Waals surface area contributed by atoms with Crippen LogP contribution in [0.2, 0.25) is 0 Å². The second kappa shape index (κ2) is 5.46. The standard InChI is InChI=1S/C14H13N7/c1-20-9-11(6-14(20)7-15)8-16-12-2-4-13(5-3-12)21-10-17-18-19-21/h2-6,9-10,16H,8H2,1H3. The maximum atomic E-state index is 8.93. The number of rotatable bonds is 4. The van der Waals surface area contributed by atoms with E-state index >= 15 is 0 Å². The van der Waals surface area contributed by atoms with Crippen molar-refractivity contribution in [1.82, 2.24) is 24.8 Å². The van der Waals surface area contributed by atoms with Gasteiger partial charge in [-0.05, 0) is 46.3 Å². The van der Waals surface area contributed by atoms with Gasteiger partial charge >= 0.3 is 0 Å². The Bertz CT molecular complexity index is 763. The molecule has 0 aliphatic rings. The zero-order chi connectivity index (χ0) is 14.7.